The largest absolute Gasteiger partial charge is 0.479 e. The van der Waals surface area contributed by atoms with Crippen LogP contribution >= 0.6 is 0 Å². The van der Waals surface area contributed by atoms with Crippen molar-refractivity contribution >= 4 is 5.97 Å². The highest BCUT2D eigenvalue weighted by Gasteiger charge is 2.31. The van der Waals surface area contributed by atoms with E-state index in [-0.39, 0.29) is 0 Å². The molecule has 2 N–H and O–H groups in total. The van der Waals surface area contributed by atoms with E-state index in [1.165, 1.54) is 6.92 Å². The zero-order valence-corrected chi connectivity index (χ0v) is 10.2. The molecule has 0 radical (unpaired) electrons. The zero-order chi connectivity index (χ0) is 13.4. The number of hydrogen-bond donors (Lipinski definition) is 2. The number of rotatable bonds is 2. The van der Waals surface area contributed by atoms with Crippen LogP contribution in [-0.4, -0.2) is 16.2 Å². The van der Waals surface area contributed by atoms with Crippen molar-refractivity contribution in [2.24, 2.45) is 0 Å². The smallest absolute Gasteiger partial charge is 0.340 e. The van der Waals surface area contributed by atoms with E-state index in [2.05, 4.69) is 0 Å². The summed E-state index contributed by atoms with van der Waals surface area (Å²) < 4.78 is 0. The van der Waals surface area contributed by atoms with Crippen LogP contribution in [-0.2, 0) is 10.4 Å². The van der Waals surface area contributed by atoms with E-state index in [1.54, 1.807) is 30.3 Å². The van der Waals surface area contributed by atoms with Crippen molar-refractivity contribution in [2.45, 2.75) is 12.5 Å². The topological polar surface area (TPSA) is 57.5 Å². The maximum absolute atomic E-state index is 10.6. The molecule has 0 amide bonds. The Bertz CT molecular complexity index is 437. The SMILES string of the molecule is CC(O)(C(=O)O)c1ccccc1.c1ccccc1. The molecule has 18 heavy (non-hydrogen) atoms. The van der Waals surface area contributed by atoms with E-state index in [1.807, 2.05) is 36.4 Å². The van der Waals surface area contributed by atoms with Gasteiger partial charge in [0, 0.05) is 0 Å². The molecule has 2 aromatic rings. The van der Waals surface area contributed by atoms with Crippen LogP contribution in [0.25, 0.3) is 0 Å². The molecule has 0 bridgehead atoms. The van der Waals surface area contributed by atoms with E-state index in [0.29, 0.717) is 5.56 Å². The van der Waals surface area contributed by atoms with Crippen LogP contribution in [0, 0.1) is 0 Å². The minimum absolute atomic E-state index is 0.387. The Balaban J connectivity index is 0.000000225. The molecule has 0 aliphatic heterocycles. The van der Waals surface area contributed by atoms with Crippen LogP contribution in [0.3, 0.4) is 0 Å². The lowest BCUT2D eigenvalue weighted by Crippen LogP contribution is -2.31. The summed E-state index contributed by atoms with van der Waals surface area (Å²) in [6.45, 7) is 1.25. The second-order valence-corrected chi connectivity index (χ2v) is 3.90. The third-order valence-electron chi connectivity index (χ3n) is 2.42. The number of aliphatic carboxylic acids is 1. The quantitative estimate of drug-likeness (QED) is 0.853. The Morgan fingerprint density at radius 3 is 1.56 bits per heavy atom. The van der Waals surface area contributed by atoms with Gasteiger partial charge in [-0.3, -0.25) is 0 Å². The van der Waals surface area contributed by atoms with Crippen LogP contribution in [0.2, 0.25) is 0 Å². The van der Waals surface area contributed by atoms with Crippen molar-refractivity contribution in [2.75, 3.05) is 0 Å². The molecule has 2 rings (SSSR count). The highest BCUT2D eigenvalue weighted by atomic mass is 16.4. The summed E-state index contributed by atoms with van der Waals surface area (Å²) in [5.41, 5.74) is -1.40. The average molecular weight is 244 g/mol. The lowest BCUT2D eigenvalue weighted by atomic mass is 9.97. The fourth-order valence-electron chi connectivity index (χ4n) is 1.27. The Labute approximate surface area is 106 Å². The van der Waals surface area contributed by atoms with Crippen LogP contribution in [0.1, 0.15) is 12.5 Å². The number of carboxylic acid groups (broad SMARTS) is 1. The summed E-state index contributed by atoms with van der Waals surface area (Å²) in [5, 5.41) is 18.1. The molecule has 3 nitrogen and oxygen atoms in total. The first-order chi connectivity index (χ1) is 8.55. The zero-order valence-electron chi connectivity index (χ0n) is 10.2. The fraction of sp³-hybridized carbons (Fsp3) is 0.133. The molecule has 0 saturated carbocycles. The van der Waals surface area contributed by atoms with Gasteiger partial charge in [0.2, 0.25) is 0 Å². The molecule has 0 aliphatic carbocycles. The van der Waals surface area contributed by atoms with Gasteiger partial charge in [0.05, 0.1) is 0 Å². The normalized spacial score (nSPS) is 12.8. The van der Waals surface area contributed by atoms with E-state index < -0.39 is 11.6 Å². The third kappa shape index (κ3) is 4.03. The van der Waals surface area contributed by atoms with Crippen molar-refractivity contribution in [1.82, 2.24) is 0 Å². The Morgan fingerprint density at radius 1 is 0.889 bits per heavy atom. The van der Waals surface area contributed by atoms with Crippen molar-refractivity contribution in [3.63, 3.8) is 0 Å². The molecule has 0 aliphatic rings. The molecule has 94 valence electrons. The molecular weight excluding hydrogens is 228 g/mol. The monoisotopic (exact) mass is 244 g/mol. The first kappa shape index (κ1) is 13.9. The van der Waals surface area contributed by atoms with E-state index in [4.69, 9.17) is 5.11 Å². The summed E-state index contributed by atoms with van der Waals surface area (Å²) in [4.78, 5) is 10.6. The molecule has 2 aromatic carbocycles. The van der Waals surface area contributed by atoms with Crippen molar-refractivity contribution in [1.29, 1.82) is 0 Å². The summed E-state index contributed by atoms with van der Waals surface area (Å²) >= 11 is 0. The van der Waals surface area contributed by atoms with Gasteiger partial charge >= 0.3 is 5.97 Å². The highest BCUT2D eigenvalue weighted by molar-refractivity contribution is 5.78. The summed E-state index contributed by atoms with van der Waals surface area (Å²) in [6.07, 6.45) is 0. The van der Waals surface area contributed by atoms with Crippen LogP contribution in [0.15, 0.2) is 66.7 Å². The Hall–Kier alpha value is -2.13. The molecule has 0 fully saturated rings. The molecule has 0 saturated heterocycles. The van der Waals surface area contributed by atoms with Crippen molar-refractivity contribution < 1.29 is 15.0 Å². The van der Waals surface area contributed by atoms with Gasteiger partial charge in [0.1, 0.15) is 0 Å². The van der Waals surface area contributed by atoms with E-state index >= 15 is 0 Å². The molecule has 3 heteroatoms. The first-order valence-electron chi connectivity index (χ1n) is 5.56. The van der Waals surface area contributed by atoms with Crippen molar-refractivity contribution in [3.8, 4) is 0 Å². The van der Waals surface area contributed by atoms with Gasteiger partial charge in [-0.05, 0) is 12.5 Å². The molecular formula is C15H16O3. The van der Waals surface area contributed by atoms with Crippen LogP contribution in [0.4, 0.5) is 0 Å². The van der Waals surface area contributed by atoms with Gasteiger partial charge in [-0.1, -0.05) is 66.7 Å². The summed E-state index contributed by atoms with van der Waals surface area (Å²) in [5.74, 6) is -1.24. The van der Waals surface area contributed by atoms with Gasteiger partial charge in [0.25, 0.3) is 0 Å². The number of hydrogen-bond acceptors (Lipinski definition) is 2. The second kappa shape index (κ2) is 6.57. The third-order valence-corrected chi connectivity index (χ3v) is 2.42. The maximum Gasteiger partial charge on any atom is 0.340 e. The molecule has 1 unspecified atom stereocenters. The number of benzene rings is 2. The number of aliphatic hydroxyl groups is 1. The minimum Gasteiger partial charge on any atom is -0.479 e. The Morgan fingerprint density at radius 2 is 1.22 bits per heavy atom. The van der Waals surface area contributed by atoms with Gasteiger partial charge in [0.15, 0.2) is 5.60 Å². The second-order valence-electron chi connectivity index (χ2n) is 3.90. The Kier molecular flexibility index (Phi) is 5.08. The van der Waals surface area contributed by atoms with Gasteiger partial charge < -0.3 is 10.2 Å². The first-order valence-corrected chi connectivity index (χ1v) is 5.56. The lowest BCUT2D eigenvalue weighted by Gasteiger charge is -2.17. The average Bonchev–Trinajstić information content (AvgIpc) is 2.42. The predicted molar refractivity (Wildman–Crippen MR) is 70.1 cm³/mol. The number of carbonyl (C=O) groups is 1. The lowest BCUT2D eigenvalue weighted by molar-refractivity contribution is -0.157. The maximum atomic E-state index is 10.6. The minimum atomic E-state index is -1.79. The van der Waals surface area contributed by atoms with E-state index in [0.717, 1.165) is 0 Å². The summed E-state index contributed by atoms with van der Waals surface area (Å²) in [6, 6.07) is 20.3. The van der Waals surface area contributed by atoms with Gasteiger partial charge in [-0.2, -0.15) is 0 Å². The van der Waals surface area contributed by atoms with Gasteiger partial charge in [-0.25, -0.2) is 4.79 Å². The van der Waals surface area contributed by atoms with Crippen molar-refractivity contribution in [3.05, 3.63) is 72.3 Å². The number of carboxylic acids is 1. The van der Waals surface area contributed by atoms with Crippen LogP contribution < -0.4 is 0 Å². The fourth-order valence-corrected chi connectivity index (χ4v) is 1.27. The molecule has 0 spiro atoms. The van der Waals surface area contributed by atoms with Crippen LogP contribution in [0.5, 0.6) is 0 Å². The molecule has 0 heterocycles. The van der Waals surface area contributed by atoms with Gasteiger partial charge in [-0.15, -0.1) is 0 Å². The predicted octanol–water partition coefficient (Wildman–Crippen LogP) is 2.67. The molecule has 0 aromatic heterocycles. The highest BCUT2D eigenvalue weighted by Crippen LogP contribution is 2.19. The molecule has 1 atom stereocenters. The standard InChI is InChI=1S/C9H10O3.C6H6/c1-9(12,8(10)11)7-5-3-2-4-6-7;1-2-4-6-5-3-1/h2-6,12H,1H3,(H,10,11);1-6H. The summed E-state index contributed by atoms with van der Waals surface area (Å²) in [7, 11) is 0. The van der Waals surface area contributed by atoms with E-state index in [9.17, 15) is 9.90 Å².